The summed E-state index contributed by atoms with van der Waals surface area (Å²) in [6, 6.07) is 10.7. The molecular weight excluding hydrogens is 270 g/mol. The highest BCUT2D eigenvalue weighted by atomic mass is 35.5. The third-order valence-corrected chi connectivity index (χ3v) is 3.15. The van der Waals surface area contributed by atoms with Gasteiger partial charge in [-0.2, -0.15) is 0 Å². The van der Waals surface area contributed by atoms with Crippen molar-refractivity contribution in [2.45, 2.75) is 6.92 Å². The van der Waals surface area contributed by atoms with E-state index in [1.54, 1.807) is 6.08 Å². The standard InChI is InChI=1S/C15H11Cl2F/c1-10-3-2-4-11(7-10)5-6-12-8-15(18)14(17)9-13(12)16/h2-9H,1H3. The summed E-state index contributed by atoms with van der Waals surface area (Å²) < 4.78 is 13.3. The minimum atomic E-state index is -0.468. The monoisotopic (exact) mass is 280 g/mol. The summed E-state index contributed by atoms with van der Waals surface area (Å²) in [5, 5.41) is 0.470. The van der Waals surface area contributed by atoms with Crippen molar-refractivity contribution < 1.29 is 4.39 Å². The van der Waals surface area contributed by atoms with Gasteiger partial charge in [-0.1, -0.05) is 65.2 Å². The van der Waals surface area contributed by atoms with E-state index in [9.17, 15) is 4.39 Å². The van der Waals surface area contributed by atoms with Crippen LogP contribution in [-0.4, -0.2) is 0 Å². The fraction of sp³-hybridized carbons (Fsp3) is 0.0667. The Morgan fingerprint density at radius 3 is 2.50 bits per heavy atom. The quantitative estimate of drug-likeness (QED) is 0.495. The molecule has 0 radical (unpaired) electrons. The first-order valence-corrected chi connectivity index (χ1v) is 6.21. The predicted octanol–water partition coefficient (Wildman–Crippen LogP) is 5.61. The molecule has 0 bridgehead atoms. The Balaban J connectivity index is 2.32. The molecule has 0 saturated carbocycles. The van der Waals surface area contributed by atoms with Gasteiger partial charge in [-0.15, -0.1) is 0 Å². The molecule has 0 heterocycles. The van der Waals surface area contributed by atoms with Gasteiger partial charge in [-0.25, -0.2) is 4.39 Å². The summed E-state index contributed by atoms with van der Waals surface area (Å²) in [5.74, 6) is -0.468. The molecule has 92 valence electrons. The SMILES string of the molecule is Cc1cccc(C=Cc2cc(F)c(Cl)cc2Cl)c1. The molecule has 2 rings (SSSR count). The number of benzene rings is 2. The Morgan fingerprint density at radius 2 is 1.78 bits per heavy atom. The lowest BCUT2D eigenvalue weighted by Gasteiger charge is -2.01. The lowest BCUT2D eigenvalue weighted by Crippen LogP contribution is -1.82. The second-order valence-electron chi connectivity index (χ2n) is 4.04. The fourth-order valence-electron chi connectivity index (χ4n) is 1.63. The molecule has 0 aromatic heterocycles. The Hall–Kier alpha value is -1.31. The summed E-state index contributed by atoms with van der Waals surface area (Å²) in [4.78, 5) is 0. The number of aryl methyl sites for hydroxylation is 1. The molecule has 0 aliphatic carbocycles. The Kier molecular flexibility index (Phi) is 4.05. The normalized spacial score (nSPS) is 11.1. The smallest absolute Gasteiger partial charge is 0.142 e. The van der Waals surface area contributed by atoms with E-state index in [1.165, 1.54) is 17.7 Å². The Bertz CT molecular complexity index is 603. The first-order chi connectivity index (χ1) is 8.56. The molecule has 0 amide bonds. The van der Waals surface area contributed by atoms with Gasteiger partial charge in [0.1, 0.15) is 5.82 Å². The van der Waals surface area contributed by atoms with Crippen LogP contribution in [0.2, 0.25) is 10.0 Å². The van der Waals surface area contributed by atoms with E-state index >= 15 is 0 Å². The second kappa shape index (κ2) is 5.55. The molecule has 0 aliphatic rings. The van der Waals surface area contributed by atoms with E-state index in [1.807, 2.05) is 37.3 Å². The van der Waals surface area contributed by atoms with Crippen molar-refractivity contribution in [2.24, 2.45) is 0 Å². The van der Waals surface area contributed by atoms with Gasteiger partial charge in [-0.05, 0) is 30.2 Å². The summed E-state index contributed by atoms with van der Waals surface area (Å²) in [6.07, 6.45) is 3.66. The van der Waals surface area contributed by atoms with E-state index in [2.05, 4.69) is 0 Å². The lowest BCUT2D eigenvalue weighted by molar-refractivity contribution is 0.628. The third kappa shape index (κ3) is 3.12. The zero-order valence-corrected chi connectivity index (χ0v) is 11.3. The van der Waals surface area contributed by atoms with Crippen molar-refractivity contribution in [1.29, 1.82) is 0 Å². The van der Waals surface area contributed by atoms with Gasteiger partial charge in [0.2, 0.25) is 0 Å². The number of halogens is 3. The Morgan fingerprint density at radius 1 is 1.00 bits per heavy atom. The van der Waals surface area contributed by atoms with Gasteiger partial charge < -0.3 is 0 Å². The van der Waals surface area contributed by atoms with Crippen molar-refractivity contribution in [3.63, 3.8) is 0 Å². The molecule has 3 heteroatoms. The van der Waals surface area contributed by atoms with Gasteiger partial charge in [0, 0.05) is 5.02 Å². The highest BCUT2D eigenvalue weighted by Crippen LogP contribution is 2.25. The van der Waals surface area contributed by atoms with E-state index < -0.39 is 5.82 Å². The van der Waals surface area contributed by atoms with Gasteiger partial charge in [0.15, 0.2) is 0 Å². The highest BCUT2D eigenvalue weighted by Gasteiger charge is 2.04. The fourth-order valence-corrected chi connectivity index (χ4v) is 2.07. The molecule has 0 nitrogen and oxygen atoms in total. The van der Waals surface area contributed by atoms with Crippen LogP contribution in [-0.2, 0) is 0 Å². The highest BCUT2D eigenvalue weighted by molar-refractivity contribution is 6.35. The molecule has 0 atom stereocenters. The van der Waals surface area contributed by atoms with Crippen molar-refractivity contribution in [3.05, 3.63) is 69.0 Å². The molecule has 18 heavy (non-hydrogen) atoms. The summed E-state index contributed by atoms with van der Waals surface area (Å²) in [5.41, 5.74) is 2.83. The maximum atomic E-state index is 13.3. The van der Waals surface area contributed by atoms with Crippen LogP contribution in [0.15, 0.2) is 36.4 Å². The average Bonchev–Trinajstić information content (AvgIpc) is 2.32. The van der Waals surface area contributed by atoms with Crippen LogP contribution in [0.5, 0.6) is 0 Å². The predicted molar refractivity (Wildman–Crippen MR) is 76.5 cm³/mol. The van der Waals surface area contributed by atoms with Gasteiger partial charge in [0.25, 0.3) is 0 Å². The maximum absolute atomic E-state index is 13.3. The van der Waals surface area contributed by atoms with Gasteiger partial charge in [-0.3, -0.25) is 0 Å². The zero-order chi connectivity index (χ0) is 13.1. The van der Waals surface area contributed by atoms with Crippen LogP contribution >= 0.6 is 23.2 Å². The third-order valence-electron chi connectivity index (χ3n) is 2.54. The molecule has 0 saturated heterocycles. The molecular formula is C15H11Cl2F. The number of hydrogen-bond donors (Lipinski definition) is 0. The zero-order valence-electron chi connectivity index (χ0n) is 9.75. The molecule has 0 spiro atoms. The van der Waals surface area contributed by atoms with Crippen molar-refractivity contribution in [1.82, 2.24) is 0 Å². The molecule has 0 N–H and O–H groups in total. The molecule has 2 aromatic carbocycles. The Labute approximate surface area is 116 Å². The number of rotatable bonds is 2. The average molecular weight is 281 g/mol. The van der Waals surface area contributed by atoms with Crippen LogP contribution in [0.25, 0.3) is 12.2 Å². The van der Waals surface area contributed by atoms with E-state index in [0.29, 0.717) is 10.6 Å². The van der Waals surface area contributed by atoms with E-state index in [4.69, 9.17) is 23.2 Å². The van der Waals surface area contributed by atoms with Gasteiger partial charge in [0.05, 0.1) is 5.02 Å². The summed E-state index contributed by atoms with van der Waals surface area (Å²) in [6.45, 7) is 2.02. The molecule has 0 aliphatic heterocycles. The van der Waals surface area contributed by atoms with Crippen LogP contribution in [0, 0.1) is 12.7 Å². The van der Waals surface area contributed by atoms with E-state index in [-0.39, 0.29) is 5.02 Å². The molecule has 0 unspecified atom stereocenters. The number of hydrogen-bond acceptors (Lipinski definition) is 0. The molecule has 2 aromatic rings. The van der Waals surface area contributed by atoms with Crippen LogP contribution < -0.4 is 0 Å². The maximum Gasteiger partial charge on any atom is 0.142 e. The van der Waals surface area contributed by atoms with Crippen LogP contribution in [0.3, 0.4) is 0 Å². The lowest BCUT2D eigenvalue weighted by atomic mass is 10.1. The van der Waals surface area contributed by atoms with Crippen LogP contribution in [0.1, 0.15) is 16.7 Å². The van der Waals surface area contributed by atoms with Crippen molar-refractivity contribution in [2.75, 3.05) is 0 Å². The van der Waals surface area contributed by atoms with Crippen LogP contribution in [0.4, 0.5) is 4.39 Å². The largest absolute Gasteiger partial charge is 0.205 e. The summed E-state index contributed by atoms with van der Waals surface area (Å²) in [7, 11) is 0. The topological polar surface area (TPSA) is 0 Å². The first kappa shape index (κ1) is 13.1. The summed E-state index contributed by atoms with van der Waals surface area (Å²) >= 11 is 11.6. The minimum Gasteiger partial charge on any atom is -0.205 e. The second-order valence-corrected chi connectivity index (χ2v) is 4.85. The minimum absolute atomic E-state index is 0.0349. The molecule has 0 fully saturated rings. The van der Waals surface area contributed by atoms with Gasteiger partial charge >= 0.3 is 0 Å². The van der Waals surface area contributed by atoms with Crippen molar-refractivity contribution in [3.8, 4) is 0 Å². The van der Waals surface area contributed by atoms with Crippen molar-refractivity contribution >= 4 is 35.4 Å². The first-order valence-electron chi connectivity index (χ1n) is 5.45. The van der Waals surface area contributed by atoms with E-state index in [0.717, 1.165) is 5.56 Å².